The molecule has 29 heavy (non-hydrogen) atoms. The number of halogens is 1. The molecule has 6 nitrogen and oxygen atoms in total. The molecule has 2 fully saturated rings. The van der Waals surface area contributed by atoms with Crippen LogP contribution in [0.1, 0.15) is 49.9 Å². The molecule has 2 saturated heterocycles. The first-order valence-corrected chi connectivity index (χ1v) is 11.5. The minimum absolute atomic E-state index is 0. The average molecular weight is 534 g/mol. The number of hydrogen-bond donors (Lipinski definition) is 2. The van der Waals surface area contributed by atoms with E-state index >= 15 is 0 Å². The number of piperidine rings is 2. The Hall–Kier alpha value is -0.870. The van der Waals surface area contributed by atoms with Gasteiger partial charge in [-0.25, -0.2) is 0 Å². The van der Waals surface area contributed by atoms with Gasteiger partial charge in [0.2, 0.25) is 5.91 Å². The molecule has 2 aliphatic heterocycles. The van der Waals surface area contributed by atoms with Crippen LogP contribution in [-0.2, 0) is 4.79 Å². The van der Waals surface area contributed by atoms with Crippen LogP contribution < -0.4 is 10.6 Å². The second-order valence-electron chi connectivity index (χ2n) is 8.00. The Morgan fingerprint density at radius 2 is 1.93 bits per heavy atom. The van der Waals surface area contributed by atoms with Gasteiger partial charge < -0.3 is 15.5 Å². The van der Waals surface area contributed by atoms with E-state index in [1.807, 2.05) is 16.2 Å². The van der Waals surface area contributed by atoms with Crippen LogP contribution in [0.5, 0.6) is 0 Å². The van der Waals surface area contributed by atoms with Gasteiger partial charge in [0.15, 0.2) is 5.96 Å². The quantitative estimate of drug-likeness (QED) is 0.335. The lowest BCUT2D eigenvalue weighted by molar-refractivity contribution is -0.130. The first-order chi connectivity index (χ1) is 13.7. The van der Waals surface area contributed by atoms with E-state index in [4.69, 9.17) is 0 Å². The number of likely N-dealkylation sites (tertiary alicyclic amines) is 2. The van der Waals surface area contributed by atoms with Crippen LogP contribution in [0.4, 0.5) is 0 Å². The van der Waals surface area contributed by atoms with Crippen LogP contribution in [-0.4, -0.2) is 68.0 Å². The van der Waals surface area contributed by atoms with Gasteiger partial charge in [0.1, 0.15) is 0 Å². The lowest BCUT2D eigenvalue weighted by atomic mass is 9.97. The van der Waals surface area contributed by atoms with E-state index in [0.29, 0.717) is 18.5 Å². The van der Waals surface area contributed by atoms with Gasteiger partial charge in [-0.2, -0.15) is 0 Å². The number of hydrogen-bond acceptors (Lipinski definition) is 4. The normalized spacial score (nSPS) is 20.1. The van der Waals surface area contributed by atoms with Crippen molar-refractivity contribution in [3.63, 3.8) is 0 Å². The highest BCUT2D eigenvalue weighted by molar-refractivity contribution is 14.0. The van der Waals surface area contributed by atoms with Crippen molar-refractivity contribution in [2.24, 2.45) is 10.9 Å². The predicted octanol–water partition coefficient (Wildman–Crippen LogP) is 3.32. The lowest BCUT2D eigenvalue weighted by Gasteiger charge is -2.36. The Bertz CT molecular complexity index is 625. The molecule has 0 bridgehead atoms. The van der Waals surface area contributed by atoms with Crippen molar-refractivity contribution in [1.29, 1.82) is 0 Å². The van der Waals surface area contributed by atoms with Crippen molar-refractivity contribution in [2.45, 2.75) is 45.1 Å². The molecular formula is C21H36IN5OS. The van der Waals surface area contributed by atoms with Crippen LogP contribution >= 0.6 is 35.3 Å². The van der Waals surface area contributed by atoms with Gasteiger partial charge in [0.05, 0.1) is 12.6 Å². The Morgan fingerprint density at radius 3 is 2.55 bits per heavy atom. The van der Waals surface area contributed by atoms with Crippen LogP contribution in [0, 0.1) is 5.92 Å². The zero-order valence-electron chi connectivity index (χ0n) is 17.7. The summed E-state index contributed by atoms with van der Waals surface area (Å²) >= 11 is 1.82. The molecule has 3 rings (SSSR count). The highest BCUT2D eigenvalue weighted by Gasteiger charge is 2.25. The Kier molecular flexibility index (Phi) is 10.7. The zero-order chi connectivity index (χ0) is 19.8. The van der Waals surface area contributed by atoms with Gasteiger partial charge in [-0.3, -0.25) is 14.7 Å². The van der Waals surface area contributed by atoms with Crippen LogP contribution in [0.25, 0.3) is 0 Å². The first kappa shape index (κ1) is 24.4. The highest BCUT2D eigenvalue weighted by atomic mass is 127. The van der Waals surface area contributed by atoms with Crippen LogP contribution in [0.15, 0.2) is 22.5 Å². The van der Waals surface area contributed by atoms with Gasteiger partial charge in [0, 0.05) is 31.6 Å². The van der Waals surface area contributed by atoms with E-state index in [-0.39, 0.29) is 29.9 Å². The summed E-state index contributed by atoms with van der Waals surface area (Å²) in [6.45, 7) is 7.52. The maximum atomic E-state index is 12.4. The van der Waals surface area contributed by atoms with Crippen molar-refractivity contribution in [2.75, 3.05) is 46.3 Å². The summed E-state index contributed by atoms with van der Waals surface area (Å²) in [6.07, 6.45) is 6.00. The summed E-state index contributed by atoms with van der Waals surface area (Å²) in [5, 5.41) is 8.82. The first-order valence-electron chi connectivity index (χ1n) is 10.7. The summed E-state index contributed by atoms with van der Waals surface area (Å²) in [4.78, 5) is 22.7. The third-order valence-electron chi connectivity index (χ3n) is 5.93. The van der Waals surface area contributed by atoms with E-state index < -0.39 is 0 Å². The number of nitrogens with zero attached hydrogens (tertiary/aromatic N) is 3. The second-order valence-corrected chi connectivity index (χ2v) is 8.98. The molecular weight excluding hydrogens is 497 g/mol. The molecule has 1 amide bonds. The molecule has 0 radical (unpaired) electrons. The van der Waals surface area contributed by atoms with E-state index in [1.165, 1.54) is 24.1 Å². The maximum Gasteiger partial charge on any atom is 0.241 e. The number of carbonyl (C=O) groups is 1. The second kappa shape index (κ2) is 12.7. The fourth-order valence-corrected chi connectivity index (χ4v) is 4.92. The van der Waals surface area contributed by atoms with Crippen molar-refractivity contribution < 1.29 is 4.79 Å². The number of guanidine groups is 1. The average Bonchev–Trinajstić information content (AvgIpc) is 3.26. The van der Waals surface area contributed by atoms with Gasteiger partial charge in [-0.1, -0.05) is 13.0 Å². The van der Waals surface area contributed by atoms with E-state index in [9.17, 15) is 4.79 Å². The molecule has 164 valence electrons. The van der Waals surface area contributed by atoms with Crippen molar-refractivity contribution >= 4 is 47.2 Å². The maximum absolute atomic E-state index is 12.4. The monoisotopic (exact) mass is 533 g/mol. The molecule has 2 N–H and O–H groups in total. The predicted molar refractivity (Wildman–Crippen MR) is 132 cm³/mol. The molecule has 1 aromatic heterocycles. The Balaban J connectivity index is 0.00000300. The summed E-state index contributed by atoms with van der Waals surface area (Å²) < 4.78 is 0. The lowest BCUT2D eigenvalue weighted by Crippen LogP contribution is -2.48. The molecule has 1 unspecified atom stereocenters. The SMILES string of the molecule is CN=C(NCC(=O)N1CCCCC1)NCC(c1cccs1)N1CCC(C)CC1.I. The number of carbonyl (C=O) groups excluding carboxylic acids is 1. The molecule has 2 aliphatic rings. The summed E-state index contributed by atoms with van der Waals surface area (Å²) in [6, 6.07) is 4.71. The summed E-state index contributed by atoms with van der Waals surface area (Å²) in [5.41, 5.74) is 0. The van der Waals surface area contributed by atoms with E-state index in [1.54, 1.807) is 7.05 Å². The van der Waals surface area contributed by atoms with E-state index in [2.05, 4.69) is 45.0 Å². The fourth-order valence-electron chi connectivity index (χ4n) is 4.06. The Labute approximate surface area is 196 Å². The van der Waals surface area contributed by atoms with Crippen molar-refractivity contribution in [3.8, 4) is 0 Å². The number of rotatable bonds is 6. The molecule has 1 aromatic rings. The van der Waals surface area contributed by atoms with Crippen molar-refractivity contribution in [1.82, 2.24) is 20.4 Å². The van der Waals surface area contributed by atoms with E-state index in [0.717, 1.165) is 51.5 Å². The minimum atomic E-state index is 0. The van der Waals surface area contributed by atoms with Crippen LogP contribution in [0.3, 0.4) is 0 Å². The number of amides is 1. The summed E-state index contributed by atoms with van der Waals surface area (Å²) in [7, 11) is 1.77. The zero-order valence-corrected chi connectivity index (χ0v) is 20.9. The fraction of sp³-hybridized carbons (Fsp3) is 0.714. The van der Waals surface area contributed by atoms with Crippen molar-refractivity contribution in [3.05, 3.63) is 22.4 Å². The largest absolute Gasteiger partial charge is 0.354 e. The number of nitrogens with one attached hydrogen (secondary N) is 2. The van der Waals surface area contributed by atoms with Crippen LogP contribution in [0.2, 0.25) is 0 Å². The third kappa shape index (κ3) is 7.40. The molecule has 8 heteroatoms. The van der Waals surface area contributed by atoms with Gasteiger partial charge in [0.25, 0.3) is 0 Å². The third-order valence-corrected chi connectivity index (χ3v) is 6.91. The number of aliphatic imine (C=N–C) groups is 1. The van der Waals surface area contributed by atoms with Gasteiger partial charge >= 0.3 is 0 Å². The number of thiophene rings is 1. The smallest absolute Gasteiger partial charge is 0.241 e. The molecule has 0 aliphatic carbocycles. The minimum Gasteiger partial charge on any atom is -0.354 e. The highest BCUT2D eigenvalue weighted by Crippen LogP contribution is 2.29. The molecule has 0 spiro atoms. The molecule has 0 aromatic carbocycles. The molecule has 3 heterocycles. The van der Waals surface area contributed by atoms with Gasteiger partial charge in [-0.05, 0) is 62.6 Å². The van der Waals surface area contributed by atoms with Gasteiger partial charge in [-0.15, -0.1) is 35.3 Å². The molecule has 0 saturated carbocycles. The standard InChI is InChI=1S/C21H35N5OS.HI/c1-17-8-12-25(13-9-17)18(19-7-6-14-28-19)15-23-21(22-2)24-16-20(27)26-10-4-3-5-11-26;/h6-7,14,17-18H,3-5,8-13,15-16H2,1-2H3,(H2,22,23,24);1H. The summed E-state index contributed by atoms with van der Waals surface area (Å²) in [5.74, 6) is 1.70. The molecule has 1 atom stereocenters. The Morgan fingerprint density at radius 1 is 1.21 bits per heavy atom. The topological polar surface area (TPSA) is 60.0 Å².